The van der Waals surface area contributed by atoms with Crippen molar-refractivity contribution in [3.63, 3.8) is 0 Å². The summed E-state index contributed by atoms with van der Waals surface area (Å²) in [5, 5.41) is 8.73. The fourth-order valence-electron chi connectivity index (χ4n) is 3.23. The summed E-state index contributed by atoms with van der Waals surface area (Å²) in [6.45, 7) is 0.481. The third kappa shape index (κ3) is 2.34. The molecule has 2 bridgehead atoms. The van der Waals surface area contributed by atoms with Gasteiger partial charge in [-0.25, -0.2) is 13.2 Å². The Morgan fingerprint density at radius 3 is 2.52 bits per heavy atom. The zero-order valence-corrected chi connectivity index (χ0v) is 13.2. The number of halogens is 2. The average Bonchev–Trinajstić information content (AvgIpc) is 3.00. The number of benzene rings is 1. The maximum absolute atomic E-state index is 12.7. The van der Waals surface area contributed by atoms with E-state index in [1.807, 2.05) is 0 Å². The van der Waals surface area contributed by atoms with Crippen LogP contribution in [0.25, 0.3) is 0 Å². The normalized spacial score (nSPS) is 25.4. The van der Waals surface area contributed by atoms with Crippen molar-refractivity contribution in [3.05, 3.63) is 27.7 Å². The van der Waals surface area contributed by atoms with Crippen molar-refractivity contribution < 1.29 is 18.3 Å². The molecule has 114 valence electrons. The number of carboxylic acids is 1. The molecule has 0 spiro atoms. The summed E-state index contributed by atoms with van der Waals surface area (Å²) < 4.78 is 26.9. The van der Waals surface area contributed by atoms with E-state index in [9.17, 15) is 13.2 Å². The maximum atomic E-state index is 12.7. The minimum atomic E-state index is -3.79. The Morgan fingerprint density at radius 1 is 1.29 bits per heavy atom. The van der Waals surface area contributed by atoms with Crippen molar-refractivity contribution in [3.8, 4) is 0 Å². The van der Waals surface area contributed by atoms with Crippen molar-refractivity contribution in [2.45, 2.75) is 30.2 Å². The van der Waals surface area contributed by atoms with E-state index in [0.717, 1.165) is 19.3 Å². The smallest absolute Gasteiger partial charge is 0.338 e. The molecule has 3 rings (SSSR count). The van der Waals surface area contributed by atoms with Crippen LogP contribution in [0.15, 0.2) is 17.0 Å². The molecule has 21 heavy (non-hydrogen) atoms. The van der Waals surface area contributed by atoms with Crippen molar-refractivity contribution in [2.75, 3.05) is 6.54 Å². The number of fused-ring (bicyclic) bond motifs is 2. The number of hydrogen-bond acceptors (Lipinski definition) is 3. The number of rotatable bonds is 3. The lowest BCUT2D eigenvalue weighted by atomic mass is 10.1. The third-order valence-electron chi connectivity index (χ3n) is 4.22. The number of carboxylic acid groups (broad SMARTS) is 1. The number of sulfonamides is 1. The molecular weight excluding hydrogens is 337 g/mol. The number of nitrogens with zero attached hydrogens (tertiary/aromatic N) is 1. The first kappa shape index (κ1) is 15.1. The quantitative estimate of drug-likeness (QED) is 0.910. The van der Waals surface area contributed by atoms with Crippen molar-refractivity contribution >= 4 is 39.2 Å². The summed E-state index contributed by atoms with van der Waals surface area (Å²) in [6.07, 6.45) is 2.77. The van der Waals surface area contributed by atoms with E-state index >= 15 is 0 Å². The highest BCUT2D eigenvalue weighted by atomic mass is 35.5. The second kappa shape index (κ2) is 5.12. The van der Waals surface area contributed by atoms with Gasteiger partial charge in [-0.15, -0.1) is 0 Å². The Bertz CT molecular complexity index is 719. The predicted molar refractivity (Wildman–Crippen MR) is 78.4 cm³/mol. The molecule has 1 aromatic carbocycles. The van der Waals surface area contributed by atoms with Gasteiger partial charge in [-0.1, -0.05) is 23.2 Å². The topological polar surface area (TPSA) is 74.7 Å². The van der Waals surface area contributed by atoms with E-state index in [-0.39, 0.29) is 26.5 Å². The van der Waals surface area contributed by atoms with Gasteiger partial charge in [0, 0.05) is 12.6 Å². The molecule has 1 saturated heterocycles. The number of carbonyl (C=O) groups is 1. The first-order valence-electron chi connectivity index (χ1n) is 6.55. The lowest BCUT2D eigenvalue weighted by Gasteiger charge is -2.26. The zero-order valence-electron chi connectivity index (χ0n) is 10.9. The molecule has 1 aromatic rings. The molecule has 1 N–H and O–H groups in total. The minimum absolute atomic E-state index is 0.0000211. The van der Waals surface area contributed by atoms with Crippen LogP contribution in [0.5, 0.6) is 0 Å². The third-order valence-corrected chi connectivity index (χ3v) is 7.00. The van der Waals surface area contributed by atoms with Gasteiger partial charge in [0.1, 0.15) is 4.90 Å². The second-order valence-corrected chi connectivity index (χ2v) is 8.09. The Kier molecular flexibility index (Phi) is 3.68. The van der Waals surface area contributed by atoms with Gasteiger partial charge in [-0.2, -0.15) is 4.31 Å². The van der Waals surface area contributed by atoms with Crippen molar-refractivity contribution in [1.29, 1.82) is 0 Å². The van der Waals surface area contributed by atoms with Gasteiger partial charge in [0.15, 0.2) is 0 Å². The van der Waals surface area contributed by atoms with Crippen LogP contribution in [0.2, 0.25) is 10.0 Å². The monoisotopic (exact) mass is 349 g/mol. The van der Waals surface area contributed by atoms with Gasteiger partial charge in [0.25, 0.3) is 0 Å². The summed E-state index contributed by atoms with van der Waals surface area (Å²) in [7, 11) is -3.79. The summed E-state index contributed by atoms with van der Waals surface area (Å²) in [5.41, 5.74) is -0.372. The standard InChI is InChI=1S/C13H13Cl2NO4S/c14-9-3-4-10(12(15)11(9)13(17)18)21(19,20)16-6-7-1-2-8(16)5-7/h3-4,7-8H,1-2,5-6H2,(H,17,18). The maximum Gasteiger partial charge on any atom is 0.338 e. The summed E-state index contributed by atoms with van der Waals surface area (Å²) in [6, 6.07) is 2.54. The molecule has 1 saturated carbocycles. The number of aromatic carboxylic acids is 1. The van der Waals surface area contributed by atoms with E-state index < -0.39 is 16.0 Å². The Balaban J connectivity index is 2.08. The Labute approximate surface area is 132 Å². The minimum Gasteiger partial charge on any atom is -0.478 e. The van der Waals surface area contributed by atoms with Crippen LogP contribution < -0.4 is 0 Å². The van der Waals surface area contributed by atoms with Crippen molar-refractivity contribution in [1.82, 2.24) is 4.31 Å². The van der Waals surface area contributed by atoms with Gasteiger partial charge in [-0.3, -0.25) is 0 Å². The number of hydrogen-bond donors (Lipinski definition) is 1. The van der Waals surface area contributed by atoms with Gasteiger partial charge in [0.05, 0.1) is 15.6 Å². The molecule has 1 heterocycles. The van der Waals surface area contributed by atoms with Crippen LogP contribution in [0.4, 0.5) is 0 Å². The Morgan fingerprint density at radius 2 is 2.00 bits per heavy atom. The Hall–Kier alpha value is -0.820. The lowest BCUT2D eigenvalue weighted by molar-refractivity contribution is 0.0697. The molecule has 1 aliphatic heterocycles. The molecule has 2 fully saturated rings. The molecular formula is C13H13Cl2NO4S. The predicted octanol–water partition coefficient (Wildman–Crippen LogP) is 2.86. The highest BCUT2D eigenvalue weighted by molar-refractivity contribution is 7.89. The largest absolute Gasteiger partial charge is 0.478 e. The van der Waals surface area contributed by atoms with Crippen LogP contribution in [0.1, 0.15) is 29.6 Å². The molecule has 0 amide bonds. The zero-order chi connectivity index (χ0) is 15.4. The van der Waals surface area contributed by atoms with E-state index in [0.29, 0.717) is 12.5 Å². The lowest BCUT2D eigenvalue weighted by Crippen LogP contribution is -2.37. The van der Waals surface area contributed by atoms with Crippen molar-refractivity contribution in [2.24, 2.45) is 5.92 Å². The van der Waals surface area contributed by atoms with E-state index in [4.69, 9.17) is 28.3 Å². The highest BCUT2D eigenvalue weighted by Crippen LogP contribution is 2.42. The fourth-order valence-corrected chi connectivity index (χ4v) is 5.87. The summed E-state index contributed by atoms with van der Waals surface area (Å²) in [4.78, 5) is 11.0. The molecule has 5 nitrogen and oxygen atoms in total. The average molecular weight is 350 g/mol. The van der Waals surface area contributed by atoms with Gasteiger partial charge < -0.3 is 5.11 Å². The first-order valence-corrected chi connectivity index (χ1v) is 8.75. The molecule has 8 heteroatoms. The molecule has 0 aromatic heterocycles. The summed E-state index contributed by atoms with van der Waals surface area (Å²) >= 11 is 11.8. The highest BCUT2D eigenvalue weighted by Gasteiger charge is 2.45. The van der Waals surface area contributed by atoms with Gasteiger partial charge in [-0.05, 0) is 37.3 Å². The molecule has 2 atom stereocenters. The van der Waals surface area contributed by atoms with Crippen LogP contribution in [-0.4, -0.2) is 36.4 Å². The molecule has 1 aliphatic carbocycles. The van der Waals surface area contributed by atoms with E-state index in [1.54, 1.807) is 0 Å². The summed E-state index contributed by atoms with van der Waals surface area (Å²) in [5.74, 6) is -0.945. The van der Waals surface area contributed by atoms with Crippen LogP contribution in [-0.2, 0) is 10.0 Å². The number of piperidine rings is 1. The second-order valence-electron chi connectivity index (χ2n) is 5.45. The van der Waals surface area contributed by atoms with Crippen LogP contribution in [0.3, 0.4) is 0 Å². The molecule has 2 aliphatic rings. The van der Waals surface area contributed by atoms with Crippen LogP contribution >= 0.6 is 23.2 Å². The molecule has 2 unspecified atom stereocenters. The van der Waals surface area contributed by atoms with E-state index in [2.05, 4.69) is 0 Å². The molecule has 0 radical (unpaired) electrons. The van der Waals surface area contributed by atoms with Crippen LogP contribution in [0, 0.1) is 5.92 Å². The van der Waals surface area contributed by atoms with Gasteiger partial charge >= 0.3 is 5.97 Å². The fraction of sp³-hybridized carbons (Fsp3) is 0.462. The first-order chi connectivity index (χ1) is 9.82. The van der Waals surface area contributed by atoms with Gasteiger partial charge in [0.2, 0.25) is 10.0 Å². The van der Waals surface area contributed by atoms with E-state index in [1.165, 1.54) is 16.4 Å². The SMILES string of the molecule is O=C(O)c1c(Cl)ccc(S(=O)(=O)N2CC3CCC2C3)c1Cl.